The maximum absolute atomic E-state index is 6.61. The minimum absolute atomic E-state index is 0.468. The normalized spacial score (nSPS) is 13.0. The number of anilines is 3. The quantitative estimate of drug-likeness (QED) is 0.172. The number of hydrogen-bond acceptors (Lipinski definition) is 2. The number of benzene rings is 11. The standard InChI is InChI=1S/C63H39NO/c1-2-17-42-38-43(33-32-40(42)16-1)41-34-36-44(37-35-41)64(58-29-13-8-21-48(58)52-39-53-49-22-9-14-31-60(49)65-62(53)50-23-4-3-18-45(50)52)59-30-15-28-57-61(59)51-24-7-12-27-56(51)63(57)54-25-10-5-19-46(54)47-20-6-11-26-55(47)63/h1-39H. The van der Waals surface area contributed by atoms with Crippen LogP contribution in [-0.2, 0) is 5.41 Å². The molecule has 12 aromatic rings. The highest BCUT2D eigenvalue weighted by atomic mass is 16.3. The summed E-state index contributed by atoms with van der Waals surface area (Å²) in [7, 11) is 0. The van der Waals surface area contributed by atoms with Gasteiger partial charge < -0.3 is 9.32 Å². The Bertz CT molecular complexity index is 3860. The smallest absolute Gasteiger partial charge is 0.143 e. The predicted octanol–water partition coefficient (Wildman–Crippen LogP) is 17.0. The summed E-state index contributed by atoms with van der Waals surface area (Å²) in [5, 5.41) is 6.97. The van der Waals surface area contributed by atoms with Crippen LogP contribution in [0.25, 0.3) is 88.0 Å². The molecule has 65 heavy (non-hydrogen) atoms. The van der Waals surface area contributed by atoms with Gasteiger partial charge >= 0.3 is 0 Å². The lowest BCUT2D eigenvalue weighted by Crippen LogP contribution is -2.26. The number of para-hydroxylation sites is 2. The zero-order chi connectivity index (χ0) is 42.6. The molecule has 11 aromatic carbocycles. The fourth-order valence-corrected chi connectivity index (χ4v) is 11.6. The molecule has 1 aromatic heterocycles. The monoisotopic (exact) mass is 825 g/mol. The Labute approximate surface area is 376 Å². The zero-order valence-corrected chi connectivity index (χ0v) is 35.4. The molecular formula is C63H39NO. The van der Waals surface area contributed by atoms with Gasteiger partial charge in [0.15, 0.2) is 0 Å². The van der Waals surface area contributed by atoms with Gasteiger partial charge in [0, 0.05) is 33.0 Å². The molecule has 0 atom stereocenters. The molecule has 2 aliphatic rings. The van der Waals surface area contributed by atoms with Gasteiger partial charge in [0.1, 0.15) is 11.2 Å². The molecule has 1 spiro atoms. The van der Waals surface area contributed by atoms with Gasteiger partial charge in [-0.3, -0.25) is 0 Å². The maximum Gasteiger partial charge on any atom is 0.143 e. The van der Waals surface area contributed by atoms with Gasteiger partial charge in [-0.15, -0.1) is 0 Å². The van der Waals surface area contributed by atoms with Crippen molar-refractivity contribution in [3.05, 3.63) is 259 Å². The first-order valence-corrected chi connectivity index (χ1v) is 22.5. The molecule has 0 unspecified atom stereocenters. The van der Waals surface area contributed by atoms with Crippen LogP contribution < -0.4 is 4.90 Å². The van der Waals surface area contributed by atoms with Crippen LogP contribution in [0.4, 0.5) is 17.1 Å². The second-order valence-electron chi connectivity index (χ2n) is 17.5. The van der Waals surface area contributed by atoms with Crippen LogP contribution in [0.15, 0.2) is 241 Å². The second-order valence-corrected chi connectivity index (χ2v) is 17.5. The van der Waals surface area contributed by atoms with Crippen LogP contribution in [0.5, 0.6) is 0 Å². The molecule has 2 heteroatoms. The average molecular weight is 826 g/mol. The van der Waals surface area contributed by atoms with E-state index in [0.29, 0.717) is 0 Å². The third-order valence-electron chi connectivity index (χ3n) is 14.3. The lowest BCUT2D eigenvalue weighted by molar-refractivity contribution is 0.672. The predicted molar refractivity (Wildman–Crippen MR) is 271 cm³/mol. The Kier molecular flexibility index (Phi) is 7.64. The summed E-state index contributed by atoms with van der Waals surface area (Å²) in [4.78, 5) is 2.52. The van der Waals surface area contributed by atoms with Gasteiger partial charge in [0.05, 0.1) is 16.8 Å². The first-order chi connectivity index (χ1) is 32.3. The molecule has 0 bridgehead atoms. The molecule has 0 aliphatic heterocycles. The number of furan rings is 1. The molecule has 0 amide bonds. The fraction of sp³-hybridized carbons (Fsp3) is 0.0159. The van der Waals surface area contributed by atoms with Crippen molar-refractivity contribution in [3.63, 3.8) is 0 Å². The number of fused-ring (bicyclic) bond motifs is 16. The van der Waals surface area contributed by atoms with E-state index in [1.54, 1.807) is 0 Å². The minimum Gasteiger partial charge on any atom is -0.455 e. The van der Waals surface area contributed by atoms with E-state index in [-0.39, 0.29) is 0 Å². The summed E-state index contributed by atoms with van der Waals surface area (Å²) in [5.41, 5.74) is 19.8. The third-order valence-corrected chi connectivity index (χ3v) is 14.3. The molecule has 0 saturated carbocycles. The van der Waals surface area contributed by atoms with Crippen LogP contribution in [0.2, 0.25) is 0 Å². The zero-order valence-electron chi connectivity index (χ0n) is 35.4. The van der Waals surface area contributed by atoms with E-state index in [1.807, 2.05) is 0 Å². The Hall–Kier alpha value is -8.46. The van der Waals surface area contributed by atoms with Gasteiger partial charge in [-0.1, -0.05) is 194 Å². The summed E-state index contributed by atoms with van der Waals surface area (Å²) in [6, 6.07) is 87.2. The van der Waals surface area contributed by atoms with Gasteiger partial charge in [0.2, 0.25) is 0 Å². The van der Waals surface area contributed by atoms with Crippen molar-refractivity contribution in [3.8, 4) is 44.5 Å². The molecule has 0 saturated heterocycles. The van der Waals surface area contributed by atoms with E-state index in [9.17, 15) is 0 Å². The third kappa shape index (κ3) is 5.05. The van der Waals surface area contributed by atoms with Crippen molar-refractivity contribution in [1.29, 1.82) is 0 Å². The summed E-state index contributed by atoms with van der Waals surface area (Å²) in [6.45, 7) is 0. The topological polar surface area (TPSA) is 16.4 Å². The van der Waals surface area contributed by atoms with Crippen LogP contribution in [0, 0.1) is 0 Å². The Morgan fingerprint density at radius 1 is 0.323 bits per heavy atom. The van der Waals surface area contributed by atoms with Gasteiger partial charge in [-0.05, 0) is 114 Å². The van der Waals surface area contributed by atoms with Crippen molar-refractivity contribution in [2.45, 2.75) is 5.41 Å². The Morgan fingerprint density at radius 3 is 1.65 bits per heavy atom. The molecule has 0 N–H and O–H groups in total. The molecule has 0 fully saturated rings. The SMILES string of the molecule is c1ccc(N(c2ccc(-c3ccc4ccccc4c3)cc2)c2cccc3c2-c2ccccc2C32c3ccccc3-c3ccccc32)c(-c2cc3c4ccccc4oc3c3ccccc23)c1. The van der Waals surface area contributed by atoms with Gasteiger partial charge in [0.25, 0.3) is 0 Å². The van der Waals surface area contributed by atoms with Gasteiger partial charge in [-0.25, -0.2) is 0 Å². The Balaban J connectivity index is 1.05. The number of hydrogen-bond donors (Lipinski definition) is 0. The second kappa shape index (κ2) is 13.8. The highest BCUT2D eigenvalue weighted by molar-refractivity contribution is 6.20. The summed E-state index contributed by atoms with van der Waals surface area (Å²) >= 11 is 0. The fourth-order valence-electron chi connectivity index (χ4n) is 11.6. The number of nitrogens with zero attached hydrogens (tertiary/aromatic N) is 1. The summed E-state index contributed by atoms with van der Waals surface area (Å²) in [6.07, 6.45) is 0. The number of rotatable bonds is 5. The van der Waals surface area contributed by atoms with Crippen molar-refractivity contribution in [2.24, 2.45) is 0 Å². The molecule has 0 radical (unpaired) electrons. The molecular weight excluding hydrogens is 787 g/mol. The van der Waals surface area contributed by atoms with Gasteiger partial charge in [-0.2, -0.15) is 0 Å². The molecule has 302 valence electrons. The first kappa shape index (κ1) is 36.1. The van der Waals surface area contributed by atoms with E-state index >= 15 is 0 Å². The van der Waals surface area contributed by atoms with Crippen LogP contribution in [0.1, 0.15) is 22.3 Å². The van der Waals surface area contributed by atoms with E-state index in [2.05, 4.69) is 241 Å². The molecule has 2 nitrogen and oxygen atoms in total. The molecule has 14 rings (SSSR count). The maximum atomic E-state index is 6.61. The lowest BCUT2D eigenvalue weighted by Gasteiger charge is -2.32. The molecule has 2 aliphatic carbocycles. The molecule has 1 heterocycles. The van der Waals surface area contributed by atoms with Crippen molar-refractivity contribution in [1.82, 2.24) is 0 Å². The van der Waals surface area contributed by atoms with Crippen LogP contribution >= 0.6 is 0 Å². The summed E-state index contributed by atoms with van der Waals surface area (Å²) < 4.78 is 6.61. The van der Waals surface area contributed by atoms with E-state index in [0.717, 1.165) is 60.9 Å². The first-order valence-electron chi connectivity index (χ1n) is 22.5. The highest BCUT2D eigenvalue weighted by Crippen LogP contribution is 2.65. The minimum atomic E-state index is -0.468. The van der Waals surface area contributed by atoms with Crippen molar-refractivity contribution < 1.29 is 4.42 Å². The van der Waals surface area contributed by atoms with Crippen LogP contribution in [0.3, 0.4) is 0 Å². The van der Waals surface area contributed by atoms with Crippen molar-refractivity contribution in [2.75, 3.05) is 4.90 Å². The van der Waals surface area contributed by atoms with E-state index in [1.165, 1.54) is 66.4 Å². The van der Waals surface area contributed by atoms with E-state index in [4.69, 9.17) is 4.42 Å². The average Bonchev–Trinajstić information content (AvgIpc) is 4.01. The highest BCUT2D eigenvalue weighted by Gasteiger charge is 2.52. The summed E-state index contributed by atoms with van der Waals surface area (Å²) in [5.74, 6) is 0. The van der Waals surface area contributed by atoms with E-state index < -0.39 is 5.41 Å². The largest absolute Gasteiger partial charge is 0.455 e. The van der Waals surface area contributed by atoms with Crippen LogP contribution in [-0.4, -0.2) is 0 Å². The van der Waals surface area contributed by atoms with Crippen molar-refractivity contribution >= 4 is 60.5 Å². The Morgan fingerprint density at radius 2 is 0.877 bits per heavy atom. The lowest BCUT2D eigenvalue weighted by atomic mass is 9.70.